The zero-order valence-electron chi connectivity index (χ0n) is 17.4. The minimum Gasteiger partial charge on any atom is -0.0654 e. The van der Waals surface area contributed by atoms with E-state index in [1.807, 2.05) is 16.7 Å². The maximum absolute atomic E-state index is 2.72. The van der Waals surface area contributed by atoms with E-state index in [0.717, 1.165) is 11.8 Å². The quantitative estimate of drug-likeness (QED) is 0.527. The first-order valence-corrected chi connectivity index (χ1v) is 11.7. The van der Waals surface area contributed by atoms with Gasteiger partial charge in [-0.2, -0.15) is 0 Å². The third kappa shape index (κ3) is 2.39. The van der Waals surface area contributed by atoms with E-state index in [1.54, 1.807) is 11.1 Å². The Hall–Kier alpha value is -0.780. The van der Waals surface area contributed by atoms with Gasteiger partial charge < -0.3 is 0 Å². The molecule has 5 rings (SSSR count). The maximum Gasteiger partial charge on any atom is -0.00438 e. The van der Waals surface area contributed by atoms with Gasteiger partial charge in [0.1, 0.15) is 0 Å². The van der Waals surface area contributed by atoms with Crippen molar-refractivity contribution in [1.29, 1.82) is 0 Å². The summed E-state index contributed by atoms with van der Waals surface area (Å²) >= 11 is 0. The van der Waals surface area contributed by atoms with Gasteiger partial charge in [0.15, 0.2) is 0 Å². The van der Waals surface area contributed by atoms with Crippen molar-refractivity contribution in [2.75, 3.05) is 0 Å². The molecule has 0 heterocycles. The second-order valence-electron chi connectivity index (χ2n) is 10.7. The minimum absolute atomic E-state index is 0.455. The molecule has 26 heavy (non-hydrogen) atoms. The van der Waals surface area contributed by atoms with Crippen molar-refractivity contribution in [3.05, 3.63) is 33.9 Å². The molecule has 4 aliphatic carbocycles. The van der Waals surface area contributed by atoms with E-state index < -0.39 is 0 Å². The number of benzene rings is 1. The van der Waals surface area contributed by atoms with Crippen LogP contribution in [0.5, 0.6) is 0 Å². The molecule has 1 aromatic carbocycles. The first kappa shape index (κ1) is 17.3. The Bertz CT molecular complexity index is 713. The lowest BCUT2D eigenvalue weighted by molar-refractivity contribution is 0.202. The van der Waals surface area contributed by atoms with E-state index in [1.165, 1.54) is 83.5 Å². The van der Waals surface area contributed by atoms with Crippen LogP contribution in [0.4, 0.5) is 0 Å². The Balaban J connectivity index is 1.76. The van der Waals surface area contributed by atoms with Crippen LogP contribution in [0.25, 0.3) is 0 Å². The van der Waals surface area contributed by atoms with Gasteiger partial charge in [0.25, 0.3) is 0 Å². The number of aryl methyl sites for hydroxylation is 2. The smallest absolute Gasteiger partial charge is 0.00438 e. The van der Waals surface area contributed by atoms with Crippen LogP contribution < -0.4 is 0 Å². The predicted molar refractivity (Wildman–Crippen MR) is 111 cm³/mol. The van der Waals surface area contributed by atoms with Gasteiger partial charge in [-0.15, -0.1) is 0 Å². The fraction of sp³-hybridized carbons (Fsp3) is 0.769. The van der Waals surface area contributed by atoms with Crippen LogP contribution in [0.2, 0.25) is 0 Å². The predicted octanol–water partition coefficient (Wildman–Crippen LogP) is 7.25. The van der Waals surface area contributed by atoms with Crippen LogP contribution in [-0.2, 0) is 24.7 Å². The van der Waals surface area contributed by atoms with Crippen molar-refractivity contribution >= 4 is 0 Å². The molecule has 0 amide bonds. The molecular weight excluding hydrogens is 312 g/mol. The molecule has 142 valence electrons. The molecule has 0 nitrogen and oxygen atoms in total. The summed E-state index contributed by atoms with van der Waals surface area (Å²) in [6.07, 6.45) is 18.6. The first-order valence-electron chi connectivity index (χ1n) is 11.7. The van der Waals surface area contributed by atoms with E-state index in [2.05, 4.69) is 26.8 Å². The highest BCUT2D eigenvalue weighted by molar-refractivity contribution is 5.55. The van der Waals surface area contributed by atoms with Crippen LogP contribution in [0, 0.1) is 11.3 Å². The Morgan fingerprint density at radius 2 is 1.81 bits per heavy atom. The van der Waals surface area contributed by atoms with Gasteiger partial charge in [0.2, 0.25) is 0 Å². The third-order valence-corrected chi connectivity index (χ3v) is 9.32. The van der Waals surface area contributed by atoms with Crippen LogP contribution in [0.15, 0.2) is 6.07 Å². The highest BCUT2D eigenvalue weighted by Gasteiger charge is 2.47. The summed E-state index contributed by atoms with van der Waals surface area (Å²) < 4.78 is 0. The Morgan fingerprint density at radius 3 is 2.65 bits per heavy atom. The molecule has 0 aromatic heterocycles. The minimum atomic E-state index is 0.455. The fourth-order valence-electron chi connectivity index (χ4n) is 7.74. The number of fused-ring (bicyclic) bond motifs is 1. The average Bonchev–Trinajstić information content (AvgIpc) is 2.95. The molecule has 0 aliphatic heterocycles. The standard InChI is InChI=1S/C26H38/c1-4-12-26-13-6-9-20-16-21-8-5-7-18(2)25(3)14-10-19(11-15-26)23(24(21)25)22(20)17-26/h16,18-19H,4-15,17H2,1-3H3. The molecule has 4 aliphatic rings. The van der Waals surface area contributed by atoms with E-state index >= 15 is 0 Å². The molecule has 0 spiro atoms. The number of hydrogen-bond donors (Lipinski definition) is 0. The van der Waals surface area contributed by atoms with Crippen molar-refractivity contribution < 1.29 is 0 Å². The molecule has 0 radical (unpaired) electrons. The van der Waals surface area contributed by atoms with Crippen LogP contribution in [0.3, 0.4) is 0 Å². The second-order valence-corrected chi connectivity index (χ2v) is 10.7. The van der Waals surface area contributed by atoms with Crippen LogP contribution in [-0.4, -0.2) is 0 Å². The highest BCUT2D eigenvalue weighted by Crippen LogP contribution is 2.58. The van der Waals surface area contributed by atoms with Gasteiger partial charge in [-0.3, -0.25) is 0 Å². The van der Waals surface area contributed by atoms with E-state index in [4.69, 9.17) is 0 Å². The summed E-state index contributed by atoms with van der Waals surface area (Å²) in [5.74, 6) is 1.74. The molecule has 0 heteroatoms. The van der Waals surface area contributed by atoms with Crippen LogP contribution >= 0.6 is 0 Å². The van der Waals surface area contributed by atoms with Crippen LogP contribution in [0.1, 0.15) is 119 Å². The zero-order chi connectivity index (χ0) is 17.9. The van der Waals surface area contributed by atoms with Gasteiger partial charge in [-0.1, -0.05) is 33.3 Å². The summed E-state index contributed by atoms with van der Waals surface area (Å²) in [5.41, 5.74) is 10.3. The normalized spacial score (nSPS) is 38.3. The van der Waals surface area contributed by atoms with Gasteiger partial charge in [0, 0.05) is 0 Å². The summed E-state index contributed by atoms with van der Waals surface area (Å²) in [7, 11) is 0. The molecule has 4 unspecified atom stereocenters. The van der Waals surface area contributed by atoms with E-state index in [-0.39, 0.29) is 0 Å². The van der Waals surface area contributed by atoms with Gasteiger partial charge in [-0.25, -0.2) is 0 Å². The van der Waals surface area contributed by atoms with Gasteiger partial charge >= 0.3 is 0 Å². The molecule has 2 bridgehead atoms. The lowest BCUT2D eigenvalue weighted by atomic mass is 9.59. The van der Waals surface area contributed by atoms with E-state index in [9.17, 15) is 0 Å². The molecule has 0 saturated carbocycles. The summed E-state index contributed by atoms with van der Waals surface area (Å²) in [5, 5.41) is 0. The third-order valence-electron chi connectivity index (χ3n) is 9.32. The van der Waals surface area contributed by atoms with Gasteiger partial charge in [0.05, 0.1) is 0 Å². The number of rotatable bonds is 2. The summed E-state index contributed by atoms with van der Waals surface area (Å²) in [6, 6.07) is 2.72. The first-order chi connectivity index (χ1) is 12.6. The van der Waals surface area contributed by atoms with E-state index in [0.29, 0.717) is 10.8 Å². The van der Waals surface area contributed by atoms with Crippen molar-refractivity contribution in [1.82, 2.24) is 0 Å². The Kier molecular flexibility index (Phi) is 4.07. The van der Waals surface area contributed by atoms with Crippen molar-refractivity contribution in [3.8, 4) is 0 Å². The molecule has 1 aromatic rings. The van der Waals surface area contributed by atoms with Crippen molar-refractivity contribution in [2.24, 2.45) is 11.3 Å². The largest absolute Gasteiger partial charge is 0.0654 e. The molecule has 0 fully saturated rings. The lowest BCUT2D eigenvalue weighted by Gasteiger charge is -2.45. The van der Waals surface area contributed by atoms with Gasteiger partial charge in [-0.05, 0) is 128 Å². The van der Waals surface area contributed by atoms with Crippen molar-refractivity contribution in [3.63, 3.8) is 0 Å². The fourth-order valence-corrected chi connectivity index (χ4v) is 7.74. The highest BCUT2D eigenvalue weighted by atomic mass is 14.5. The topological polar surface area (TPSA) is 0 Å². The lowest BCUT2D eigenvalue weighted by Crippen LogP contribution is -2.36. The second kappa shape index (κ2) is 6.11. The Labute approximate surface area is 161 Å². The number of hydrogen-bond acceptors (Lipinski definition) is 0. The monoisotopic (exact) mass is 350 g/mol. The molecule has 0 N–H and O–H groups in total. The molecular formula is C26H38. The Morgan fingerprint density at radius 1 is 1.00 bits per heavy atom. The average molecular weight is 351 g/mol. The molecule has 4 atom stereocenters. The summed E-state index contributed by atoms with van der Waals surface area (Å²) in [6.45, 7) is 7.62. The zero-order valence-corrected chi connectivity index (χ0v) is 17.4. The SMILES string of the molecule is CCCC12CCCc3cc4c5c(c3C1)C(CC2)CCC5(C)C(C)CCC4. The van der Waals surface area contributed by atoms with Crippen molar-refractivity contribution in [2.45, 2.75) is 116 Å². The molecule has 0 saturated heterocycles. The maximum atomic E-state index is 2.72. The summed E-state index contributed by atoms with van der Waals surface area (Å²) in [4.78, 5) is 0.